The third-order valence-electron chi connectivity index (χ3n) is 7.41. The van der Waals surface area contributed by atoms with Crippen LogP contribution in [0.4, 0.5) is 0 Å². The Morgan fingerprint density at radius 1 is 0.810 bits per heavy atom. The van der Waals surface area contributed by atoms with E-state index in [0.717, 1.165) is 10.1 Å². The SMILES string of the molecule is CC[C@H](C)[C@H](NC(=O)[C@@H](Cc1ccccc1)n1c(=O)[nH]c2ccccc2c1=O)C(=O)N[C@@H](Cc1ccccc1)C(=O)O. The number of amides is 2. The minimum absolute atomic E-state index is 0.00854. The summed E-state index contributed by atoms with van der Waals surface area (Å²) in [6, 6.07) is 20.7. The van der Waals surface area contributed by atoms with Gasteiger partial charge in [0.05, 0.1) is 10.9 Å². The molecule has 3 aromatic carbocycles. The molecule has 0 bridgehead atoms. The van der Waals surface area contributed by atoms with E-state index in [1.165, 1.54) is 0 Å². The van der Waals surface area contributed by atoms with Crippen molar-refractivity contribution in [3.05, 3.63) is 117 Å². The van der Waals surface area contributed by atoms with Crippen molar-refractivity contribution in [2.45, 2.75) is 51.2 Å². The topological polar surface area (TPSA) is 150 Å². The summed E-state index contributed by atoms with van der Waals surface area (Å²) in [4.78, 5) is 68.8. The van der Waals surface area contributed by atoms with Crippen molar-refractivity contribution >= 4 is 28.7 Å². The number of benzene rings is 3. The summed E-state index contributed by atoms with van der Waals surface area (Å²) in [5.74, 6) is -2.97. The number of H-pyrrole nitrogens is 1. The number of para-hydroxylation sites is 1. The van der Waals surface area contributed by atoms with Gasteiger partial charge in [0.2, 0.25) is 11.8 Å². The van der Waals surface area contributed by atoms with E-state index in [1.54, 1.807) is 79.7 Å². The predicted octanol–water partition coefficient (Wildman–Crippen LogP) is 2.82. The molecule has 10 heteroatoms. The molecule has 0 aliphatic rings. The Kier molecular flexibility index (Phi) is 9.69. The molecule has 0 radical (unpaired) electrons. The minimum atomic E-state index is -1.28. The van der Waals surface area contributed by atoms with E-state index in [1.807, 2.05) is 19.1 Å². The number of carboxylic acid groups (broad SMARTS) is 1. The highest BCUT2D eigenvalue weighted by Crippen LogP contribution is 2.16. The molecule has 0 aliphatic carbocycles. The predicted molar refractivity (Wildman–Crippen MR) is 159 cm³/mol. The average molecular weight is 571 g/mol. The molecule has 4 rings (SSSR count). The normalized spacial score (nSPS) is 14.0. The molecule has 4 aromatic rings. The zero-order valence-electron chi connectivity index (χ0n) is 23.4. The molecule has 4 N–H and O–H groups in total. The third-order valence-corrected chi connectivity index (χ3v) is 7.41. The molecule has 10 nitrogen and oxygen atoms in total. The highest BCUT2D eigenvalue weighted by Gasteiger charge is 2.33. The Bertz CT molecular complexity index is 1670. The van der Waals surface area contributed by atoms with Gasteiger partial charge in [0.15, 0.2) is 0 Å². The van der Waals surface area contributed by atoms with Gasteiger partial charge < -0.3 is 20.7 Å². The van der Waals surface area contributed by atoms with Gasteiger partial charge in [-0.05, 0) is 29.2 Å². The van der Waals surface area contributed by atoms with Gasteiger partial charge in [-0.1, -0.05) is 93.1 Å². The number of aromatic amines is 1. The van der Waals surface area contributed by atoms with Crippen LogP contribution in [0.25, 0.3) is 10.9 Å². The fraction of sp³-hybridized carbons (Fsp3) is 0.281. The molecule has 1 aromatic heterocycles. The maximum atomic E-state index is 13.9. The number of hydrogen-bond donors (Lipinski definition) is 4. The lowest BCUT2D eigenvalue weighted by Crippen LogP contribution is -2.56. The molecule has 0 fully saturated rings. The van der Waals surface area contributed by atoms with Crippen LogP contribution >= 0.6 is 0 Å². The number of rotatable bonds is 12. The number of fused-ring (bicyclic) bond motifs is 1. The Hall–Kier alpha value is -4.99. The highest BCUT2D eigenvalue weighted by atomic mass is 16.4. The van der Waals surface area contributed by atoms with Crippen LogP contribution in [0.3, 0.4) is 0 Å². The Labute approximate surface area is 242 Å². The van der Waals surface area contributed by atoms with Crippen molar-refractivity contribution in [1.82, 2.24) is 20.2 Å². The van der Waals surface area contributed by atoms with Crippen molar-refractivity contribution in [2.75, 3.05) is 0 Å². The molecule has 4 atom stereocenters. The van der Waals surface area contributed by atoms with Crippen molar-refractivity contribution in [1.29, 1.82) is 0 Å². The second-order valence-electron chi connectivity index (χ2n) is 10.3. The maximum Gasteiger partial charge on any atom is 0.329 e. The fourth-order valence-electron chi connectivity index (χ4n) is 4.86. The van der Waals surface area contributed by atoms with Crippen LogP contribution in [0.15, 0.2) is 94.5 Å². The van der Waals surface area contributed by atoms with Gasteiger partial charge in [-0.3, -0.25) is 14.4 Å². The summed E-state index contributed by atoms with van der Waals surface area (Å²) in [7, 11) is 0. The van der Waals surface area contributed by atoms with Crippen molar-refractivity contribution in [2.24, 2.45) is 5.92 Å². The number of nitrogens with zero attached hydrogens (tertiary/aromatic N) is 1. The zero-order valence-corrected chi connectivity index (χ0v) is 23.4. The summed E-state index contributed by atoms with van der Waals surface area (Å²) in [5, 5.41) is 15.4. The Morgan fingerprint density at radius 2 is 1.38 bits per heavy atom. The zero-order chi connectivity index (χ0) is 30.2. The average Bonchev–Trinajstić information content (AvgIpc) is 2.99. The third kappa shape index (κ3) is 7.01. The largest absolute Gasteiger partial charge is 0.480 e. The molecule has 218 valence electrons. The van der Waals surface area contributed by atoms with Gasteiger partial charge in [0.25, 0.3) is 5.56 Å². The lowest BCUT2D eigenvalue weighted by atomic mass is 9.96. The van der Waals surface area contributed by atoms with E-state index < -0.39 is 47.2 Å². The number of carbonyl (C=O) groups excluding carboxylic acids is 2. The first kappa shape index (κ1) is 30.0. The minimum Gasteiger partial charge on any atom is -0.480 e. The van der Waals surface area contributed by atoms with E-state index in [9.17, 15) is 29.1 Å². The summed E-state index contributed by atoms with van der Waals surface area (Å²) in [6.07, 6.45) is 0.560. The summed E-state index contributed by atoms with van der Waals surface area (Å²) < 4.78 is 0.881. The molecule has 0 saturated heterocycles. The number of carboxylic acids is 1. The van der Waals surface area contributed by atoms with E-state index in [-0.39, 0.29) is 24.1 Å². The first-order valence-corrected chi connectivity index (χ1v) is 13.8. The quantitative estimate of drug-likeness (QED) is 0.206. The first-order valence-electron chi connectivity index (χ1n) is 13.8. The van der Waals surface area contributed by atoms with Crippen molar-refractivity contribution in [3.8, 4) is 0 Å². The van der Waals surface area contributed by atoms with E-state index in [4.69, 9.17) is 0 Å². The number of aliphatic carboxylic acids is 1. The van der Waals surface area contributed by atoms with Crippen LogP contribution in [0.2, 0.25) is 0 Å². The first-order chi connectivity index (χ1) is 20.2. The van der Waals surface area contributed by atoms with Crippen LogP contribution < -0.4 is 21.9 Å². The molecular weight excluding hydrogens is 536 g/mol. The number of aromatic nitrogens is 2. The second-order valence-corrected chi connectivity index (χ2v) is 10.3. The molecule has 2 amide bonds. The Balaban J connectivity index is 1.67. The molecule has 0 saturated carbocycles. The van der Waals surface area contributed by atoms with Gasteiger partial charge in [-0.2, -0.15) is 0 Å². The van der Waals surface area contributed by atoms with Crippen LogP contribution in [0, 0.1) is 5.92 Å². The van der Waals surface area contributed by atoms with Gasteiger partial charge in [0, 0.05) is 12.8 Å². The lowest BCUT2D eigenvalue weighted by molar-refractivity contribution is -0.142. The van der Waals surface area contributed by atoms with Crippen LogP contribution in [0.5, 0.6) is 0 Å². The lowest BCUT2D eigenvalue weighted by Gasteiger charge is -2.28. The van der Waals surface area contributed by atoms with Gasteiger partial charge in [0.1, 0.15) is 18.1 Å². The molecule has 42 heavy (non-hydrogen) atoms. The number of carbonyl (C=O) groups is 3. The summed E-state index contributed by atoms with van der Waals surface area (Å²) in [6.45, 7) is 3.61. The van der Waals surface area contributed by atoms with Gasteiger partial charge >= 0.3 is 11.7 Å². The monoisotopic (exact) mass is 570 g/mol. The standard InChI is InChI=1S/C32H34N4O6/c1-3-20(2)27(29(38)33-25(31(40)41)18-21-12-6-4-7-13-21)35-28(37)26(19-22-14-8-5-9-15-22)36-30(39)23-16-10-11-17-24(23)34-32(36)42/h4-17,20,25-27H,3,18-19H2,1-2H3,(H,33,38)(H,34,42)(H,35,37)(H,40,41)/t20-,25-,26+,27-/m0/s1. The second kappa shape index (κ2) is 13.6. The van der Waals surface area contributed by atoms with Crippen LogP contribution in [0.1, 0.15) is 37.4 Å². The van der Waals surface area contributed by atoms with Crippen molar-refractivity contribution in [3.63, 3.8) is 0 Å². The highest BCUT2D eigenvalue weighted by molar-refractivity contribution is 5.92. The van der Waals surface area contributed by atoms with E-state index >= 15 is 0 Å². The maximum absolute atomic E-state index is 13.9. The van der Waals surface area contributed by atoms with Crippen molar-refractivity contribution < 1.29 is 19.5 Å². The van der Waals surface area contributed by atoms with Crippen LogP contribution in [-0.2, 0) is 27.2 Å². The van der Waals surface area contributed by atoms with Crippen LogP contribution in [-0.4, -0.2) is 44.5 Å². The summed E-state index contributed by atoms with van der Waals surface area (Å²) in [5.41, 5.74) is 0.386. The van der Waals surface area contributed by atoms with E-state index in [0.29, 0.717) is 17.5 Å². The molecular formula is C32H34N4O6. The molecule has 1 heterocycles. The molecule has 0 spiro atoms. The van der Waals surface area contributed by atoms with E-state index in [2.05, 4.69) is 15.6 Å². The molecule has 0 unspecified atom stereocenters. The van der Waals surface area contributed by atoms with Gasteiger partial charge in [-0.15, -0.1) is 0 Å². The number of hydrogen-bond acceptors (Lipinski definition) is 5. The summed E-state index contributed by atoms with van der Waals surface area (Å²) >= 11 is 0. The molecule has 0 aliphatic heterocycles. The Morgan fingerprint density at radius 3 is 1.98 bits per heavy atom. The fourth-order valence-corrected chi connectivity index (χ4v) is 4.86. The number of nitrogens with one attached hydrogen (secondary N) is 3. The van der Waals surface area contributed by atoms with Gasteiger partial charge in [-0.25, -0.2) is 14.2 Å². The smallest absolute Gasteiger partial charge is 0.329 e.